The molecule has 1 unspecified atom stereocenters. The molecule has 0 aliphatic heterocycles. The lowest BCUT2D eigenvalue weighted by Crippen LogP contribution is -2.18. The van der Waals surface area contributed by atoms with Gasteiger partial charge in [0.05, 0.1) is 26.4 Å². The molecule has 3 N–H and O–H groups in total. The molecule has 1 aromatic rings. The maximum absolute atomic E-state index is 9.20. The first-order valence-corrected chi connectivity index (χ1v) is 4.66. The zero-order chi connectivity index (χ0) is 11.3. The summed E-state index contributed by atoms with van der Waals surface area (Å²) >= 11 is 0. The molecule has 0 aliphatic rings. The largest absolute Gasteiger partial charge is 0.496 e. The Kier molecular flexibility index (Phi) is 4.33. The summed E-state index contributed by atoms with van der Waals surface area (Å²) in [6, 6.07) is 1.72. The van der Waals surface area contributed by atoms with Crippen LogP contribution < -0.4 is 15.2 Å². The molecule has 5 nitrogen and oxygen atoms in total. The normalized spacial score (nSPS) is 12.3. The van der Waals surface area contributed by atoms with Crippen LogP contribution in [0, 0.1) is 0 Å². The molecule has 0 fully saturated rings. The third-order valence-corrected chi connectivity index (χ3v) is 2.24. The third kappa shape index (κ3) is 2.37. The van der Waals surface area contributed by atoms with Gasteiger partial charge in [-0.05, 0) is 6.07 Å². The van der Waals surface area contributed by atoms with E-state index in [-0.39, 0.29) is 12.5 Å². The summed E-state index contributed by atoms with van der Waals surface area (Å²) < 4.78 is 10.3. The van der Waals surface area contributed by atoms with Gasteiger partial charge in [-0.2, -0.15) is 0 Å². The predicted octanol–water partition coefficient (Wildman–Crippen LogP) is 0.133. The molecule has 15 heavy (non-hydrogen) atoms. The van der Waals surface area contributed by atoms with Crippen molar-refractivity contribution in [2.24, 2.45) is 5.73 Å². The van der Waals surface area contributed by atoms with Crippen LogP contribution >= 0.6 is 0 Å². The first kappa shape index (κ1) is 11.7. The number of ether oxygens (including phenoxy) is 2. The Morgan fingerprint density at radius 1 is 1.47 bits per heavy atom. The van der Waals surface area contributed by atoms with Gasteiger partial charge < -0.3 is 20.3 Å². The van der Waals surface area contributed by atoms with E-state index >= 15 is 0 Å². The highest BCUT2D eigenvalue weighted by atomic mass is 16.5. The van der Waals surface area contributed by atoms with E-state index in [0.29, 0.717) is 23.7 Å². The van der Waals surface area contributed by atoms with Crippen LogP contribution in [0.1, 0.15) is 11.5 Å². The quantitative estimate of drug-likeness (QED) is 0.725. The number of hydrogen-bond acceptors (Lipinski definition) is 5. The Labute approximate surface area is 88.8 Å². The molecule has 1 aromatic heterocycles. The smallest absolute Gasteiger partial charge is 0.220 e. The molecule has 0 bridgehead atoms. The lowest BCUT2D eigenvalue weighted by atomic mass is 10.0. The van der Waals surface area contributed by atoms with Crippen molar-refractivity contribution in [1.82, 2.24) is 4.98 Å². The number of aliphatic hydroxyl groups excluding tert-OH is 1. The van der Waals surface area contributed by atoms with E-state index in [1.54, 1.807) is 19.4 Å². The first-order valence-electron chi connectivity index (χ1n) is 4.66. The Bertz CT molecular complexity index is 291. The van der Waals surface area contributed by atoms with E-state index in [2.05, 4.69) is 4.98 Å². The number of methoxy groups -OCH3 is 2. The Morgan fingerprint density at radius 3 is 2.67 bits per heavy atom. The monoisotopic (exact) mass is 212 g/mol. The zero-order valence-corrected chi connectivity index (χ0v) is 8.93. The molecule has 1 atom stereocenters. The fourth-order valence-electron chi connectivity index (χ4n) is 1.44. The SMILES string of the molecule is COc1ccnc(OC)c1C(CN)CO. The van der Waals surface area contributed by atoms with Gasteiger partial charge >= 0.3 is 0 Å². The van der Waals surface area contributed by atoms with Gasteiger partial charge in [0.15, 0.2) is 0 Å². The van der Waals surface area contributed by atoms with Crippen molar-refractivity contribution in [2.45, 2.75) is 5.92 Å². The van der Waals surface area contributed by atoms with Crippen molar-refractivity contribution in [3.8, 4) is 11.6 Å². The lowest BCUT2D eigenvalue weighted by Gasteiger charge is -2.17. The number of hydrogen-bond donors (Lipinski definition) is 2. The molecular formula is C10H16N2O3. The van der Waals surface area contributed by atoms with Gasteiger partial charge in [-0.3, -0.25) is 0 Å². The molecule has 84 valence electrons. The van der Waals surface area contributed by atoms with Gasteiger partial charge in [-0.1, -0.05) is 0 Å². The van der Waals surface area contributed by atoms with Gasteiger partial charge in [0.1, 0.15) is 5.75 Å². The van der Waals surface area contributed by atoms with E-state index in [4.69, 9.17) is 15.2 Å². The Hall–Kier alpha value is -1.33. The molecule has 0 spiro atoms. The molecule has 0 amide bonds. The molecule has 1 heterocycles. The highest BCUT2D eigenvalue weighted by molar-refractivity contribution is 5.42. The van der Waals surface area contributed by atoms with Crippen LogP contribution in [0.15, 0.2) is 12.3 Å². The van der Waals surface area contributed by atoms with Gasteiger partial charge in [0.2, 0.25) is 5.88 Å². The molecule has 0 saturated carbocycles. The fraction of sp³-hybridized carbons (Fsp3) is 0.500. The second-order valence-electron chi connectivity index (χ2n) is 3.05. The minimum Gasteiger partial charge on any atom is -0.496 e. The van der Waals surface area contributed by atoms with Crippen molar-refractivity contribution in [3.05, 3.63) is 17.8 Å². The van der Waals surface area contributed by atoms with E-state index in [1.165, 1.54) is 7.11 Å². The van der Waals surface area contributed by atoms with Gasteiger partial charge in [0, 0.05) is 18.7 Å². The van der Waals surface area contributed by atoms with Crippen LogP contribution in [0.5, 0.6) is 11.6 Å². The average molecular weight is 212 g/mol. The Balaban J connectivity index is 3.20. The minimum absolute atomic E-state index is 0.0606. The fourth-order valence-corrected chi connectivity index (χ4v) is 1.44. The van der Waals surface area contributed by atoms with Crippen molar-refractivity contribution in [3.63, 3.8) is 0 Å². The summed E-state index contributed by atoms with van der Waals surface area (Å²) in [7, 11) is 3.08. The van der Waals surface area contributed by atoms with E-state index in [0.717, 1.165) is 0 Å². The van der Waals surface area contributed by atoms with Gasteiger partial charge in [0.25, 0.3) is 0 Å². The maximum atomic E-state index is 9.20. The third-order valence-electron chi connectivity index (χ3n) is 2.24. The number of nitrogens with zero attached hydrogens (tertiary/aromatic N) is 1. The van der Waals surface area contributed by atoms with Crippen LogP contribution in [-0.4, -0.2) is 37.5 Å². The summed E-state index contributed by atoms with van der Waals surface area (Å²) in [5, 5.41) is 9.20. The second-order valence-corrected chi connectivity index (χ2v) is 3.05. The standard InChI is InChI=1S/C10H16N2O3/c1-14-8-3-4-12-10(15-2)9(8)7(5-11)6-13/h3-4,7,13H,5-6,11H2,1-2H3. The maximum Gasteiger partial charge on any atom is 0.220 e. The summed E-state index contributed by atoms with van der Waals surface area (Å²) in [6.45, 7) is 0.254. The van der Waals surface area contributed by atoms with E-state index < -0.39 is 0 Å². The summed E-state index contributed by atoms with van der Waals surface area (Å²) in [6.07, 6.45) is 1.59. The number of pyridine rings is 1. The van der Waals surface area contributed by atoms with Crippen LogP contribution in [0.4, 0.5) is 0 Å². The molecule has 0 radical (unpaired) electrons. The molecule has 0 saturated heterocycles. The number of rotatable bonds is 5. The number of aromatic nitrogens is 1. The van der Waals surface area contributed by atoms with Crippen molar-refractivity contribution in [1.29, 1.82) is 0 Å². The molecule has 0 aromatic carbocycles. The topological polar surface area (TPSA) is 77.6 Å². The van der Waals surface area contributed by atoms with Crippen LogP contribution in [0.2, 0.25) is 0 Å². The van der Waals surface area contributed by atoms with Gasteiger partial charge in [-0.15, -0.1) is 0 Å². The molecule has 1 rings (SSSR count). The summed E-state index contributed by atoms with van der Waals surface area (Å²) in [5.74, 6) is 0.855. The second kappa shape index (κ2) is 5.53. The highest BCUT2D eigenvalue weighted by Gasteiger charge is 2.19. The average Bonchev–Trinajstić information content (AvgIpc) is 2.30. The highest BCUT2D eigenvalue weighted by Crippen LogP contribution is 2.32. The summed E-state index contributed by atoms with van der Waals surface area (Å²) in [5.41, 5.74) is 6.28. The van der Waals surface area contributed by atoms with Crippen molar-refractivity contribution in [2.75, 3.05) is 27.4 Å². The van der Waals surface area contributed by atoms with Crippen LogP contribution in [0.3, 0.4) is 0 Å². The van der Waals surface area contributed by atoms with Gasteiger partial charge in [-0.25, -0.2) is 4.98 Å². The molecule has 0 aliphatic carbocycles. The Morgan fingerprint density at radius 2 is 2.20 bits per heavy atom. The predicted molar refractivity (Wildman–Crippen MR) is 56.2 cm³/mol. The molecular weight excluding hydrogens is 196 g/mol. The molecule has 5 heteroatoms. The van der Waals surface area contributed by atoms with Crippen LogP contribution in [-0.2, 0) is 0 Å². The number of nitrogens with two attached hydrogens (primary N) is 1. The van der Waals surface area contributed by atoms with Crippen molar-refractivity contribution >= 4 is 0 Å². The van der Waals surface area contributed by atoms with Crippen molar-refractivity contribution < 1.29 is 14.6 Å². The van der Waals surface area contributed by atoms with Crippen LogP contribution in [0.25, 0.3) is 0 Å². The lowest BCUT2D eigenvalue weighted by molar-refractivity contribution is 0.259. The van der Waals surface area contributed by atoms with E-state index in [9.17, 15) is 5.11 Å². The minimum atomic E-state index is -0.219. The number of aliphatic hydroxyl groups is 1. The van der Waals surface area contributed by atoms with E-state index in [1.807, 2.05) is 0 Å². The first-order chi connectivity index (χ1) is 7.28. The summed E-state index contributed by atoms with van der Waals surface area (Å²) in [4.78, 5) is 4.05. The zero-order valence-electron chi connectivity index (χ0n) is 8.93.